The number of carbonyl (C=O) groups excluding carboxylic acids is 1. The molecule has 2 fully saturated rings. The normalized spacial score (nSPS) is 17.8. The van der Waals surface area contributed by atoms with Gasteiger partial charge >= 0.3 is 12.3 Å². The molecule has 12 heteroatoms. The molecule has 1 aromatic carbocycles. The van der Waals surface area contributed by atoms with Crippen LogP contribution < -0.4 is 4.90 Å². The maximum atomic E-state index is 15.4. The Morgan fingerprint density at radius 2 is 1.77 bits per heavy atom. The zero-order valence-corrected chi connectivity index (χ0v) is 22.7. The van der Waals surface area contributed by atoms with Crippen LogP contribution in [0.2, 0.25) is 0 Å². The number of ether oxygens (including phenoxy) is 1. The van der Waals surface area contributed by atoms with Crippen LogP contribution in [-0.2, 0) is 24.0 Å². The van der Waals surface area contributed by atoms with Crippen molar-refractivity contribution in [2.75, 3.05) is 18.0 Å². The number of amides is 1. The number of aliphatic hydroxyl groups is 1. The van der Waals surface area contributed by atoms with Crippen LogP contribution in [0.15, 0.2) is 36.8 Å². The molecule has 2 aromatic heterocycles. The van der Waals surface area contributed by atoms with Crippen LogP contribution >= 0.6 is 0 Å². The molecule has 216 valence electrons. The van der Waals surface area contributed by atoms with Gasteiger partial charge in [-0.15, -0.1) is 0 Å². The third kappa shape index (κ3) is 6.16. The minimum Gasteiger partial charge on any atom is -0.444 e. The summed E-state index contributed by atoms with van der Waals surface area (Å²) in [6, 6.07) is 5.03. The quantitative estimate of drug-likeness (QED) is 0.398. The van der Waals surface area contributed by atoms with E-state index in [9.17, 15) is 23.1 Å². The first-order valence-electron chi connectivity index (χ1n) is 13.3. The van der Waals surface area contributed by atoms with Crippen molar-refractivity contribution < 1.29 is 32.2 Å². The molecule has 1 saturated heterocycles. The fraction of sp³-hybridized carbons (Fsp3) is 0.536. The number of hydrogen-bond donors (Lipinski definition) is 1. The molecule has 3 heterocycles. The Hall–Kier alpha value is -3.41. The molecular formula is C28H33F4N5O3. The fourth-order valence-electron chi connectivity index (χ4n) is 5.07. The number of nitrogens with zero attached hydrogens (tertiary/aromatic N) is 5. The van der Waals surface area contributed by atoms with E-state index in [1.54, 1.807) is 30.2 Å². The molecule has 0 radical (unpaired) electrons. The van der Waals surface area contributed by atoms with Crippen LogP contribution in [-0.4, -0.2) is 61.0 Å². The third-order valence-corrected chi connectivity index (χ3v) is 7.29. The second-order valence-corrected chi connectivity index (χ2v) is 11.7. The lowest BCUT2D eigenvalue weighted by atomic mass is 9.91. The minimum atomic E-state index is -4.42. The summed E-state index contributed by atoms with van der Waals surface area (Å²) in [6.45, 7) is 6.33. The summed E-state index contributed by atoms with van der Waals surface area (Å²) >= 11 is 0. The number of benzene rings is 1. The first-order valence-corrected chi connectivity index (χ1v) is 13.3. The van der Waals surface area contributed by atoms with Crippen LogP contribution in [0.25, 0.3) is 11.0 Å². The van der Waals surface area contributed by atoms with Gasteiger partial charge in [0.15, 0.2) is 5.82 Å². The molecule has 5 rings (SSSR count). The van der Waals surface area contributed by atoms with E-state index < -0.39 is 34.9 Å². The van der Waals surface area contributed by atoms with E-state index in [0.717, 1.165) is 25.0 Å². The predicted octanol–water partition coefficient (Wildman–Crippen LogP) is 5.52. The number of alkyl halides is 3. The van der Waals surface area contributed by atoms with Gasteiger partial charge in [0.05, 0.1) is 23.1 Å². The molecule has 8 nitrogen and oxygen atoms in total. The molecule has 0 atom stereocenters. The van der Waals surface area contributed by atoms with Crippen molar-refractivity contribution in [3.8, 4) is 0 Å². The lowest BCUT2D eigenvalue weighted by Gasteiger charge is -2.38. The van der Waals surface area contributed by atoms with E-state index in [4.69, 9.17) is 4.74 Å². The number of likely N-dealkylation sites (tertiary alicyclic amines) is 1. The molecule has 2 aliphatic rings. The maximum Gasteiger partial charge on any atom is 0.416 e. The zero-order valence-electron chi connectivity index (χ0n) is 22.7. The van der Waals surface area contributed by atoms with Gasteiger partial charge in [-0.1, -0.05) is 12.1 Å². The van der Waals surface area contributed by atoms with Gasteiger partial charge in [0, 0.05) is 31.9 Å². The highest BCUT2D eigenvalue weighted by Gasteiger charge is 2.38. The summed E-state index contributed by atoms with van der Waals surface area (Å²) in [5.74, 6) is -0.172. The van der Waals surface area contributed by atoms with Crippen molar-refractivity contribution in [2.24, 2.45) is 0 Å². The Kier molecular flexibility index (Phi) is 7.18. The minimum absolute atomic E-state index is 0.0777. The van der Waals surface area contributed by atoms with Crippen LogP contribution in [0.3, 0.4) is 0 Å². The van der Waals surface area contributed by atoms with E-state index in [0.29, 0.717) is 30.1 Å². The topological polar surface area (TPSA) is 83.7 Å². The van der Waals surface area contributed by atoms with Gasteiger partial charge in [-0.25, -0.2) is 19.2 Å². The third-order valence-electron chi connectivity index (χ3n) is 7.29. The van der Waals surface area contributed by atoms with Gasteiger partial charge in [-0.3, -0.25) is 0 Å². The number of aromatic nitrogens is 3. The van der Waals surface area contributed by atoms with Gasteiger partial charge in [-0.2, -0.15) is 13.2 Å². The summed E-state index contributed by atoms with van der Waals surface area (Å²) in [5.41, 5.74) is -1.55. The molecule has 1 amide bonds. The Morgan fingerprint density at radius 1 is 1.12 bits per heavy atom. The summed E-state index contributed by atoms with van der Waals surface area (Å²) in [6.07, 6.45) is 0.0782. The van der Waals surface area contributed by atoms with Crippen molar-refractivity contribution in [3.63, 3.8) is 0 Å². The van der Waals surface area contributed by atoms with E-state index >= 15 is 4.39 Å². The number of carbonyl (C=O) groups is 1. The number of piperidine rings is 1. The molecule has 1 aliphatic heterocycles. The van der Waals surface area contributed by atoms with Crippen LogP contribution in [0, 0.1) is 5.82 Å². The SMILES string of the molecule is CC(C)(C)OC(=O)N1CCC(O)(Cn2cc(F)c3c(N(Cc4ccc(C(F)(F)F)cc4)C4CC4)ncnc32)CC1. The number of fused-ring (bicyclic) bond motifs is 1. The van der Waals surface area contributed by atoms with Crippen molar-refractivity contribution in [1.29, 1.82) is 0 Å². The van der Waals surface area contributed by atoms with Gasteiger partial charge in [0.1, 0.15) is 23.4 Å². The van der Waals surface area contributed by atoms with Crippen molar-refractivity contribution in [3.05, 3.63) is 53.7 Å². The summed E-state index contributed by atoms with van der Waals surface area (Å²) in [4.78, 5) is 24.6. The number of halogens is 4. The van der Waals surface area contributed by atoms with Crippen LogP contribution in [0.1, 0.15) is 57.6 Å². The first-order chi connectivity index (χ1) is 18.7. The summed E-state index contributed by atoms with van der Waals surface area (Å²) in [5, 5.41) is 11.5. The first kappa shape index (κ1) is 28.1. The van der Waals surface area contributed by atoms with Crippen molar-refractivity contribution in [1.82, 2.24) is 19.4 Å². The lowest BCUT2D eigenvalue weighted by Crippen LogP contribution is -2.49. The lowest BCUT2D eigenvalue weighted by molar-refractivity contribution is -0.137. The molecule has 1 N–H and O–H groups in total. The van der Waals surface area contributed by atoms with Gasteiger partial charge in [-0.05, 0) is 64.2 Å². The fourth-order valence-corrected chi connectivity index (χ4v) is 5.07. The number of hydrogen-bond acceptors (Lipinski definition) is 6. The number of anilines is 1. The van der Waals surface area contributed by atoms with E-state index in [1.807, 2.05) is 4.90 Å². The Bertz CT molecular complexity index is 1370. The van der Waals surface area contributed by atoms with E-state index in [-0.39, 0.29) is 37.4 Å². The highest BCUT2D eigenvalue weighted by molar-refractivity contribution is 5.89. The van der Waals surface area contributed by atoms with Gasteiger partial charge in [0.2, 0.25) is 0 Å². The Balaban J connectivity index is 1.35. The number of rotatable bonds is 6. The molecule has 3 aromatic rings. The standard InChI is InChI=1S/C28H33F4N5O3/c1-26(2,3)40-25(38)35-12-10-27(39,11-13-35)16-36-15-21(29)22-23(36)33-17-34-24(22)37(20-8-9-20)14-18-4-6-19(7-5-18)28(30,31)32/h4-7,15,17,20,39H,8-14,16H2,1-3H3. The summed E-state index contributed by atoms with van der Waals surface area (Å²) < 4.78 is 61.4. The molecule has 0 bridgehead atoms. The van der Waals surface area contributed by atoms with Crippen molar-refractivity contribution in [2.45, 2.75) is 83.0 Å². The predicted molar refractivity (Wildman–Crippen MR) is 140 cm³/mol. The van der Waals surface area contributed by atoms with Crippen LogP contribution in [0.4, 0.5) is 28.2 Å². The average molecular weight is 564 g/mol. The van der Waals surface area contributed by atoms with Gasteiger partial charge < -0.3 is 24.2 Å². The Morgan fingerprint density at radius 3 is 2.35 bits per heavy atom. The molecule has 1 saturated carbocycles. The maximum absolute atomic E-state index is 15.4. The highest BCUT2D eigenvalue weighted by atomic mass is 19.4. The van der Waals surface area contributed by atoms with Crippen LogP contribution in [0.5, 0.6) is 0 Å². The highest BCUT2D eigenvalue weighted by Crippen LogP contribution is 2.38. The largest absolute Gasteiger partial charge is 0.444 e. The Labute approximate surface area is 229 Å². The monoisotopic (exact) mass is 563 g/mol. The molecule has 1 aliphatic carbocycles. The smallest absolute Gasteiger partial charge is 0.416 e. The van der Waals surface area contributed by atoms with E-state index in [2.05, 4.69) is 9.97 Å². The average Bonchev–Trinajstić information content (AvgIpc) is 3.66. The molecule has 0 unspecified atom stereocenters. The molecule has 40 heavy (non-hydrogen) atoms. The summed E-state index contributed by atoms with van der Waals surface area (Å²) in [7, 11) is 0. The van der Waals surface area contributed by atoms with E-state index in [1.165, 1.54) is 24.7 Å². The van der Waals surface area contributed by atoms with Gasteiger partial charge in [0.25, 0.3) is 0 Å². The molecule has 0 spiro atoms. The second-order valence-electron chi connectivity index (χ2n) is 11.7. The molecular weight excluding hydrogens is 530 g/mol. The zero-order chi connectivity index (χ0) is 28.9. The second kappa shape index (κ2) is 10.2. The van der Waals surface area contributed by atoms with Crippen molar-refractivity contribution >= 4 is 22.9 Å².